The number of rotatable bonds is 9. The van der Waals surface area contributed by atoms with Crippen LogP contribution in [0.2, 0.25) is 0 Å². The van der Waals surface area contributed by atoms with Crippen molar-refractivity contribution in [3.63, 3.8) is 0 Å². The van der Waals surface area contributed by atoms with Gasteiger partial charge in [0.15, 0.2) is 0 Å². The molecule has 1 aromatic heterocycles. The minimum Gasteiger partial charge on any atom is -0.498 e. The highest BCUT2D eigenvalue weighted by Gasteiger charge is 2.50. The van der Waals surface area contributed by atoms with Crippen molar-refractivity contribution >= 4 is 27.4 Å². The van der Waals surface area contributed by atoms with Crippen LogP contribution in [0.1, 0.15) is 32.6 Å². The van der Waals surface area contributed by atoms with Crippen LogP contribution < -0.4 is 0 Å². The fourth-order valence-corrected chi connectivity index (χ4v) is 4.86. The van der Waals surface area contributed by atoms with E-state index in [1.807, 2.05) is 37.4 Å². The average molecular weight is 366 g/mol. The van der Waals surface area contributed by atoms with Gasteiger partial charge in [0.1, 0.15) is 10.8 Å². The second kappa shape index (κ2) is 8.92. The molecule has 1 aliphatic heterocycles. The summed E-state index contributed by atoms with van der Waals surface area (Å²) in [7, 11) is 3.47. The summed E-state index contributed by atoms with van der Waals surface area (Å²) >= 11 is 0. The molecule has 0 radical (unpaired) electrons. The van der Waals surface area contributed by atoms with Gasteiger partial charge in [-0.05, 0) is 48.8 Å². The number of ether oxygens (including phenoxy) is 2. The Morgan fingerprint density at radius 3 is 3.21 bits per heavy atom. The first-order chi connectivity index (χ1) is 11.8. The number of carbonyl (C=O) groups excluding carboxylic acids is 1. The van der Waals surface area contributed by atoms with E-state index >= 15 is 0 Å². The molecule has 1 aromatic rings. The highest BCUT2D eigenvalue weighted by molar-refractivity contribution is 8.76. The molecule has 0 spiro atoms. The summed E-state index contributed by atoms with van der Waals surface area (Å²) in [5, 5.41) is 1.03. The summed E-state index contributed by atoms with van der Waals surface area (Å²) in [6.07, 6.45) is 7.59. The molecule has 0 aromatic carbocycles. The maximum absolute atomic E-state index is 12.0. The van der Waals surface area contributed by atoms with Crippen LogP contribution in [0.5, 0.6) is 0 Å². The lowest BCUT2D eigenvalue weighted by atomic mass is 9.86. The number of carbonyl (C=O) groups is 1. The van der Waals surface area contributed by atoms with Crippen molar-refractivity contribution in [2.24, 2.45) is 5.92 Å². The van der Waals surface area contributed by atoms with Crippen molar-refractivity contribution in [1.29, 1.82) is 0 Å². The Balaban J connectivity index is 1.31. The van der Waals surface area contributed by atoms with Crippen LogP contribution in [0, 0.1) is 5.92 Å². The molecule has 2 aliphatic rings. The maximum atomic E-state index is 12.0. The molecule has 3 unspecified atom stereocenters. The zero-order valence-electron chi connectivity index (χ0n) is 13.8. The molecule has 1 saturated heterocycles. The number of fused-ring (bicyclic) bond motifs is 1. The Labute approximate surface area is 151 Å². The molecule has 6 heteroatoms. The summed E-state index contributed by atoms with van der Waals surface area (Å²) in [5.41, 5.74) is 0. The highest BCUT2D eigenvalue weighted by atomic mass is 33.1. The third-order valence-corrected chi connectivity index (χ3v) is 6.63. The quantitative estimate of drug-likeness (QED) is 0.282. The lowest BCUT2D eigenvalue weighted by Gasteiger charge is -2.18. The van der Waals surface area contributed by atoms with Gasteiger partial charge in [0, 0.05) is 30.7 Å². The van der Waals surface area contributed by atoms with Crippen molar-refractivity contribution < 1.29 is 14.3 Å². The number of nitrogens with zero attached hydrogens (tertiary/aromatic N) is 1. The van der Waals surface area contributed by atoms with Crippen molar-refractivity contribution in [1.82, 2.24) is 4.98 Å². The van der Waals surface area contributed by atoms with E-state index in [0.29, 0.717) is 24.9 Å². The lowest BCUT2D eigenvalue weighted by Crippen LogP contribution is -2.27. The normalized spacial score (nSPS) is 26.1. The predicted octanol–water partition coefficient (Wildman–Crippen LogP) is 4.27. The zero-order chi connectivity index (χ0) is 16.8. The first-order valence-electron chi connectivity index (χ1n) is 8.44. The molecule has 1 saturated carbocycles. The standard InChI is InChI=1S/C18H23NO3S2/c1-2-13(9-12-23-24-17-5-3-4-10-19-17)21-11-8-14-15(20)6-7-16-18(14)22-16/h2-5,10,14,16,18H,6-9,11-12H2,1H3/b13-2-. The van der Waals surface area contributed by atoms with Crippen LogP contribution in [0.3, 0.4) is 0 Å². The first kappa shape index (κ1) is 17.8. The first-order valence-corrected chi connectivity index (χ1v) is 10.8. The molecule has 0 bridgehead atoms. The number of epoxide rings is 1. The number of hydrogen-bond donors (Lipinski definition) is 0. The van der Waals surface area contributed by atoms with E-state index in [1.165, 1.54) is 0 Å². The molecular formula is C18H23NO3S2. The zero-order valence-corrected chi connectivity index (χ0v) is 15.5. The SMILES string of the molecule is C/C=C(/CCSSc1ccccn1)OCCC1C(=O)CCC2OC21. The minimum absolute atomic E-state index is 0.0518. The summed E-state index contributed by atoms with van der Waals surface area (Å²) in [6, 6.07) is 5.93. The number of pyridine rings is 1. The van der Waals surface area contributed by atoms with Gasteiger partial charge < -0.3 is 9.47 Å². The van der Waals surface area contributed by atoms with Gasteiger partial charge >= 0.3 is 0 Å². The van der Waals surface area contributed by atoms with E-state index in [0.717, 1.165) is 35.8 Å². The Bertz CT molecular complexity index is 579. The van der Waals surface area contributed by atoms with E-state index in [4.69, 9.17) is 9.47 Å². The highest BCUT2D eigenvalue weighted by Crippen LogP contribution is 2.40. The van der Waals surface area contributed by atoms with E-state index in [1.54, 1.807) is 21.6 Å². The average Bonchev–Trinajstić information content (AvgIpc) is 3.39. The summed E-state index contributed by atoms with van der Waals surface area (Å²) in [5.74, 6) is 2.37. The van der Waals surface area contributed by atoms with Gasteiger partial charge in [-0.25, -0.2) is 4.98 Å². The molecule has 3 atom stereocenters. The van der Waals surface area contributed by atoms with Crippen molar-refractivity contribution in [2.45, 2.75) is 49.8 Å². The van der Waals surface area contributed by atoms with E-state index in [-0.39, 0.29) is 12.0 Å². The van der Waals surface area contributed by atoms with Crippen LogP contribution in [0.25, 0.3) is 0 Å². The fraction of sp³-hybridized carbons (Fsp3) is 0.556. The summed E-state index contributed by atoms with van der Waals surface area (Å²) < 4.78 is 11.4. The van der Waals surface area contributed by atoms with Crippen molar-refractivity contribution in [3.8, 4) is 0 Å². The third kappa shape index (κ3) is 5.01. The second-order valence-corrected chi connectivity index (χ2v) is 8.40. The van der Waals surface area contributed by atoms with Crippen molar-refractivity contribution in [2.75, 3.05) is 12.4 Å². The van der Waals surface area contributed by atoms with Gasteiger partial charge in [-0.15, -0.1) is 0 Å². The summed E-state index contributed by atoms with van der Waals surface area (Å²) in [6.45, 7) is 2.60. The van der Waals surface area contributed by atoms with Gasteiger partial charge in [0.25, 0.3) is 0 Å². The predicted molar refractivity (Wildman–Crippen MR) is 97.9 cm³/mol. The van der Waals surface area contributed by atoms with Gasteiger partial charge in [-0.3, -0.25) is 4.79 Å². The van der Waals surface area contributed by atoms with Crippen LogP contribution >= 0.6 is 21.6 Å². The lowest BCUT2D eigenvalue weighted by molar-refractivity contribution is -0.124. The molecule has 24 heavy (non-hydrogen) atoms. The van der Waals surface area contributed by atoms with E-state index < -0.39 is 0 Å². The second-order valence-electron chi connectivity index (χ2n) is 5.97. The number of ketones is 1. The fourth-order valence-electron chi connectivity index (χ4n) is 2.98. The topological polar surface area (TPSA) is 51.7 Å². The molecule has 1 aliphatic carbocycles. The number of Topliss-reactive ketones (excluding diaryl/α,β-unsaturated/α-hetero) is 1. The molecular weight excluding hydrogens is 342 g/mol. The largest absolute Gasteiger partial charge is 0.498 e. The van der Waals surface area contributed by atoms with Crippen molar-refractivity contribution in [3.05, 3.63) is 36.2 Å². The van der Waals surface area contributed by atoms with Gasteiger partial charge in [-0.1, -0.05) is 16.9 Å². The Kier molecular flexibility index (Phi) is 6.63. The Morgan fingerprint density at radius 1 is 1.50 bits per heavy atom. The molecule has 2 heterocycles. The van der Waals surface area contributed by atoms with Gasteiger partial charge in [0.05, 0.1) is 24.6 Å². The number of allylic oxidation sites excluding steroid dienone is 2. The molecule has 0 amide bonds. The smallest absolute Gasteiger partial charge is 0.138 e. The molecule has 2 fully saturated rings. The number of aromatic nitrogens is 1. The van der Waals surface area contributed by atoms with Crippen LogP contribution in [0.4, 0.5) is 0 Å². The monoisotopic (exact) mass is 365 g/mol. The van der Waals surface area contributed by atoms with E-state index in [9.17, 15) is 4.79 Å². The van der Waals surface area contributed by atoms with Crippen LogP contribution in [-0.2, 0) is 14.3 Å². The molecule has 3 rings (SSSR count). The van der Waals surface area contributed by atoms with Crippen LogP contribution in [0.15, 0.2) is 41.3 Å². The third-order valence-electron chi connectivity index (χ3n) is 4.36. The summed E-state index contributed by atoms with van der Waals surface area (Å²) in [4.78, 5) is 16.2. The number of hydrogen-bond acceptors (Lipinski definition) is 6. The van der Waals surface area contributed by atoms with E-state index in [2.05, 4.69) is 4.98 Å². The van der Waals surface area contributed by atoms with Gasteiger partial charge in [-0.2, -0.15) is 0 Å². The Morgan fingerprint density at radius 2 is 2.42 bits per heavy atom. The molecule has 130 valence electrons. The Hall–Kier alpha value is -0.980. The van der Waals surface area contributed by atoms with Crippen LogP contribution in [-0.4, -0.2) is 35.3 Å². The molecule has 4 nitrogen and oxygen atoms in total. The minimum atomic E-state index is 0.0518. The van der Waals surface area contributed by atoms with Gasteiger partial charge in [0.2, 0.25) is 0 Å². The maximum Gasteiger partial charge on any atom is 0.138 e. The molecule has 0 N–H and O–H groups in total.